The molecule has 1 atom stereocenters. The third-order valence-electron chi connectivity index (χ3n) is 4.91. The molecule has 1 aromatic heterocycles. The van der Waals surface area contributed by atoms with Crippen molar-refractivity contribution in [3.63, 3.8) is 0 Å². The van der Waals surface area contributed by atoms with Crippen LogP contribution in [0.15, 0.2) is 23.0 Å². The quantitative estimate of drug-likeness (QED) is 0.814. The minimum Gasteiger partial charge on any atom is -0.452 e. The van der Waals surface area contributed by atoms with Crippen LogP contribution in [0.25, 0.3) is 10.9 Å². The molecule has 1 aliphatic rings. The van der Waals surface area contributed by atoms with Crippen LogP contribution in [0.1, 0.15) is 55.7 Å². The summed E-state index contributed by atoms with van der Waals surface area (Å²) in [5, 5.41) is 3.23. The van der Waals surface area contributed by atoms with Crippen molar-refractivity contribution < 1.29 is 14.3 Å². The molecule has 0 saturated carbocycles. The SMILES string of the molecule is CC[C@H](C)NC(=O)COC(=O)c1ccc2c(=O)n3c(nc2c1)CCCCC3. The van der Waals surface area contributed by atoms with Gasteiger partial charge in [0.2, 0.25) is 0 Å². The minimum absolute atomic E-state index is 0.0318. The number of ether oxygens (including phenoxy) is 1. The van der Waals surface area contributed by atoms with Gasteiger partial charge in [-0.05, 0) is 44.4 Å². The van der Waals surface area contributed by atoms with E-state index in [-0.39, 0.29) is 29.7 Å². The summed E-state index contributed by atoms with van der Waals surface area (Å²) in [6.07, 6.45) is 4.62. The predicted octanol–water partition coefficient (Wildman–Crippen LogP) is 2.19. The Morgan fingerprint density at radius 3 is 2.89 bits per heavy atom. The Kier molecular flexibility index (Phi) is 5.88. The standard InChI is InChI=1S/C20H25N3O4/c1-3-13(2)21-18(24)12-27-20(26)14-8-9-15-16(11-14)22-17-7-5-4-6-10-23(17)19(15)25/h8-9,11,13H,3-7,10,12H2,1-2H3,(H,21,24)/t13-/m0/s1. The first-order valence-corrected chi connectivity index (χ1v) is 9.49. The van der Waals surface area contributed by atoms with E-state index in [0.29, 0.717) is 17.4 Å². The second kappa shape index (κ2) is 8.33. The van der Waals surface area contributed by atoms with Gasteiger partial charge >= 0.3 is 5.97 Å². The van der Waals surface area contributed by atoms with Crippen LogP contribution in [0.2, 0.25) is 0 Å². The number of amides is 1. The summed E-state index contributed by atoms with van der Waals surface area (Å²) in [6, 6.07) is 4.75. The van der Waals surface area contributed by atoms with E-state index >= 15 is 0 Å². The highest BCUT2D eigenvalue weighted by molar-refractivity contribution is 5.95. The predicted molar refractivity (Wildman–Crippen MR) is 102 cm³/mol. The van der Waals surface area contributed by atoms with Gasteiger partial charge in [-0.25, -0.2) is 9.78 Å². The molecule has 1 aromatic carbocycles. The number of hydrogen-bond donors (Lipinski definition) is 1. The first kappa shape index (κ1) is 19.1. The third kappa shape index (κ3) is 4.35. The number of aromatic nitrogens is 2. The minimum atomic E-state index is -0.604. The maximum Gasteiger partial charge on any atom is 0.338 e. The summed E-state index contributed by atoms with van der Waals surface area (Å²) in [5.41, 5.74) is 0.709. The van der Waals surface area contributed by atoms with Crippen molar-refractivity contribution in [2.75, 3.05) is 6.61 Å². The van der Waals surface area contributed by atoms with Crippen LogP contribution in [0.4, 0.5) is 0 Å². The fourth-order valence-electron chi connectivity index (χ4n) is 3.18. The summed E-state index contributed by atoms with van der Waals surface area (Å²) in [4.78, 5) is 41.3. The van der Waals surface area contributed by atoms with Crippen molar-refractivity contribution in [3.05, 3.63) is 39.9 Å². The summed E-state index contributed by atoms with van der Waals surface area (Å²) >= 11 is 0. The summed E-state index contributed by atoms with van der Waals surface area (Å²) in [5.74, 6) is -0.170. The molecule has 0 unspecified atom stereocenters. The lowest BCUT2D eigenvalue weighted by molar-refractivity contribution is -0.124. The van der Waals surface area contributed by atoms with Crippen LogP contribution in [0.5, 0.6) is 0 Å². The number of carbonyl (C=O) groups excluding carboxylic acids is 2. The Morgan fingerprint density at radius 2 is 2.11 bits per heavy atom. The molecule has 27 heavy (non-hydrogen) atoms. The number of nitrogens with zero attached hydrogens (tertiary/aromatic N) is 2. The number of aryl methyl sites for hydroxylation is 1. The lowest BCUT2D eigenvalue weighted by atomic mass is 10.1. The zero-order chi connectivity index (χ0) is 19.4. The van der Waals surface area contributed by atoms with Crippen LogP contribution in [-0.2, 0) is 22.5 Å². The van der Waals surface area contributed by atoms with Crippen molar-refractivity contribution in [2.45, 2.75) is 58.5 Å². The van der Waals surface area contributed by atoms with Crippen LogP contribution >= 0.6 is 0 Å². The molecule has 2 aromatic rings. The van der Waals surface area contributed by atoms with Crippen LogP contribution in [-0.4, -0.2) is 34.1 Å². The number of carbonyl (C=O) groups is 2. The Hall–Kier alpha value is -2.70. The number of esters is 1. The molecule has 0 saturated heterocycles. The van der Waals surface area contributed by atoms with E-state index in [1.807, 2.05) is 13.8 Å². The number of benzene rings is 1. The van der Waals surface area contributed by atoms with E-state index < -0.39 is 5.97 Å². The molecule has 3 rings (SSSR count). The van der Waals surface area contributed by atoms with E-state index in [0.717, 1.165) is 37.9 Å². The summed E-state index contributed by atoms with van der Waals surface area (Å²) < 4.78 is 6.83. The van der Waals surface area contributed by atoms with Gasteiger partial charge in [-0.3, -0.25) is 14.2 Å². The maximum atomic E-state index is 12.7. The zero-order valence-corrected chi connectivity index (χ0v) is 15.8. The highest BCUT2D eigenvalue weighted by Crippen LogP contribution is 2.16. The Labute approximate surface area is 157 Å². The average molecular weight is 371 g/mol. The number of rotatable bonds is 5. The fourth-order valence-corrected chi connectivity index (χ4v) is 3.18. The number of fused-ring (bicyclic) bond motifs is 2. The molecule has 2 heterocycles. The van der Waals surface area contributed by atoms with Gasteiger partial charge in [0.15, 0.2) is 6.61 Å². The van der Waals surface area contributed by atoms with Crippen molar-refractivity contribution in [3.8, 4) is 0 Å². The molecule has 0 bridgehead atoms. The van der Waals surface area contributed by atoms with Gasteiger partial charge in [-0.15, -0.1) is 0 Å². The zero-order valence-electron chi connectivity index (χ0n) is 15.8. The summed E-state index contributed by atoms with van der Waals surface area (Å²) in [6.45, 7) is 4.20. The van der Waals surface area contributed by atoms with Crippen molar-refractivity contribution in [2.24, 2.45) is 0 Å². The second-order valence-corrected chi connectivity index (χ2v) is 6.98. The van der Waals surface area contributed by atoms with Gasteiger partial charge in [-0.2, -0.15) is 0 Å². The monoisotopic (exact) mass is 371 g/mol. The van der Waals surface area contributed by atoms with Crippen LogP contribution in [0, 0.1) is 0 Å². The van der Waals surface area contributed by atoms with Gasteiger partial charge in [0.05, 0.1) is 16.5 Å². The highest BCUT2D eigenvalue weighted by atomic mass is 16.5. The second-order valence-electron chi connectivity index (χ2n) is 6.98. The lowest BCUT2D eigenvalue weighted by Crippen LogP contribution is -2.35. The van der Waals surface area contributed by atoms with E-state index in [2.05, 4.69) is 10.3 Å². The number of hydrogen-bond acceptors (Lipinski definition) is 5. The average Bonchev–Trinajstić information content (AvgIpc) is 2.91. The van der Waals surface area contributed by atoms with E-state index in [1.54, 1.807) is 22.8 Å². The normalized spacial score (nSPS) is 14.9. The molecule has 7 heteroatoms. The molecular weight excluding hydrogens is 346 g/mol. The van der Waals surface area contributed by atoms with Crippen molar-refractivity contribution in [1.29, 1.82) is 0 Å². The number of nitrogens with one attached hydrogen (secondary N) is 1. The molecule has 1 amide bonds. The van der Waals surface area contributed by atoms with Crippen molar-refractivity contribution >= 4 is 22.8 Å². The van der Waals surface area contributed by atoms with Gasteiger partial charge in [0, 0.05) is 19.0 Å². The molecule has 1 aliphatic heterocycles. The van der Waals surface area contributed by atoms with Crippen LogP contribution in [0.3, 0.4) is 0 Å². The molecule has 0 radical (unpaired) electrons. The van der Waals surface area contributed by atoms with Crippen molar-refractivity contribution in [1.82, 2.24) is 14.9 Å². The molecule has 0 fully saturated rings. The molecule has 1 N–H and O–H groups in total. The molecule has 7 nitrogen and oxygen atoms in total. The van der Waals surface area contributed by atoms with E-state index in [1.165, 1.54) is 0 Å². The lowest BCUT2D eigenvalue weighted by Gasteiger charge is -2.12. The maximum absolute atomic E-state index is 12.7. The van der Waals surface area contributed by atoms with Gasteiger partial charge in [0.1, 0.15) is 5.82 Å². The Morgan fingerprint density at radius 1 is 1.30 bits per heavy atom. The largest absolute Gasteiger partial charge is 0.452 e. The summed E-state index contributed by atoms with van der Waals surface area (Å²) in [7, 11) is 0. The molecule has 0 aliphatic carbocycles. The Balaban J connectivity index is 1.79. The van der Waals surface area contributed by atoms with E-state index in [4.69, 9.17) is 4.74 Å². The highest BCUT2D eigenvalue weighted by Gasteiger charge is 2.16. The van der Waals surface area contributed by atoms with E-state index in [9.17, 15) is 14.4 Å². The van der Waals surface area contributed by atoms with Gasteiger partial charge < -0.3 is 10.1 Å². The first-order valence-electron chi connectivity index (χ1n) is 9.49. The third-order valence-corrected chi connectivity index (χ3v) is 4.91. The molecule has 144 valence electrons. The molecule has 0 spiro atoms. The van der Waals surface area contributed by atoms with Crippen LogP contribution < -0.4 is 10.9 Å². The fraction of sp³-hybridized carbons (Fsp3) is 0.500. The molecular formula is C20H25N3O4. The smallest absolute Gasteiger partial charge is 0.338 e. The van der Waals surface area contributed by atoms with Gasteiger partial charge in [-0.1, -0.05) is 13.3 Å². The topological polar surface area (TPSA) is 90.3 Å². The first-order chi connectivity index (χ1) is 13.0. The van der Waals surface area contributed by atoms with Gasteiger partial charge in [0.25, 0.3) is 11.5 Å². The Bertz CT molecular complexity index is 919.